The summed E-state index contributed by atoms with van der Waals surface area (Å²) in [6, 6.07) is 2.75. The van der Waals surface area contributed by atoms with Crippen molar-refractivity contribution in [3.63, 3.8) is 0 Å². The minimum atomic E-state index is -0.638. The monoisotopic (exact) mass is 364 g/mol. The minimum absolute atomic E-state index is 0.0408. The van der Waals surface area contributed by atoms with Gasteiger partial charge in [-0.2, -0.15) is 0 Å². The number of halogens is 3. The number of nitrogens with zero attached hydrogens (tertiary/aromatic N) is 1. The van der Waals surface area contributed by atoms with E-state index in [1.165, 1.54) is 6.07 Å². The Labute approximate surface area is 130 Å². The average molecular weight is 366 g/mol. The first kappa shape index (κ1) is 15.5. The Bertz CT molecular complexity index is 507. The molecule has 0 bridgehead atoms. The molecule has 1 saturated heterocycles. The molecule has 1 aliphatic heterocycles. The van der Waals surface area contributed by atoms with Crippen LogP contribution in [0.5, 0.6) is 0 Å². The number of hydrogen-bond acceptors (Lipinski definition) is 2. The van der Waals surface area contributed by atoms with E-state index in [1.54, 1.807) is 18.1 Å². The molecule has 0 unspecified atom stereocenters. The van der Waals surface area contributed by atoms with Crippen LogP contribution in [0.15, 0.2) is 16.6 Å². The first-order chi connectivity index (χ1) is 9.52. The van der Waals surface area contributed by atoms with E-state index in [9.17, 15) is 9.18 Å². The topological polar surface area (TPSA) is 41.6 Å². The van der Waals surface area contributed by atoms with Gasteiger partial charge >= 0.3 is 6.03 Å². The molecule has 20 heavy (non-hydrogen) atoms. The highest BCUT2D eigenvalue weighted by Crippen LogP contribution is 2.30. The van der Waals surface area contributed by atoms with Crippen molar-refractivity contribution in [3.05, 3.63) is 27.4 Å². The molecule has 7 heteroatoms. The first-order valence-electron chi connectivity index (χ1n) is 6.25. The zero-order valence-corrected chi connectivity index (χ0v) is 13.3. The number of amides is 2. The summed E-state index contributed by atoms with van der Waals surface area (Å²) in [5.74, 6) is -0.638. The van der Waals surface area contributed by atoms with E-state index in [4.69, 9.17) is 16.3 Å². The van der Waals surface area contributed by atoms with Crippen molar-refractivity contribution in [1.82, 2.24) is 4.90 Å². The van der Waals surface area contributed by atoms with E-state index in [-0.39, 0.29) is 22.8 Å². The highest BCUT2D eigenvalue weighted by Gasteiger charge is 2.23. The van der Waals surface area contributed by atoms with Crippen molar-refractivity contribution in [2.24, 2.45) is 0 Å². The molecule has 2 rings (SSSR count). The van der Waals surface area contributed by atoms with Gasteiger partial charge in [-0.15, -0.1) is 0 Å². The van der Waals surface area contributed by atoms with E-state index in [2.05, 4.69) is 21.2 Å². The molecule has 1 fully saturated rings. The molecule has 0 atom stereocenters. The number of urea groups is 1. The Hall–Kier alpha value is -0.850. The molecule has 0 aliphatic carbocycles. The highest BCUT2D eigenvalue weighted by molar-refractivity contribution is 9.10. The molecule has 1 heterocycles. The van der Waals surface area contributed by atoms with Crippen molar-refractivity contribution in [2.75, 3.05) is 25.5 Å². The summed E-state index contributed by atoms with van der Waals surface area (Å²) in [7, 11) is 1.67. The van der Waals surface area contributed by atoms with E-state index in [1.807, 2.05) is 0 Å². The number of piperidine rings is 1. The zero-order chi connectivity index (χ0) is 14.7. The van der Waals surface area contributed by atoms with Crippen LogP contribution in [-0.4, -0.2) is 37.2 Å². The summed E-state index contributed by atoms with van der Waals surface area (Å²) in [6.45, 7) is 1.19. The number of anilines is 1. The van der Waals surface area contributed by atoms with Gasteiger partial charge in [-0.25, -0.2) is 9.18 Å². The predicted octanol–water partition coefficient (Wildman–Crippen LogP) is 3.88. The van der Waals surface area contributed by atoms with Crippen LogP contribution >= 0.6 is 27.5 Å². The molecular weight excluding hydrogens is 351 g/mol. The van der Waals surface area contributed by atoms with Crippen molar-refractivity contribution in [2.45, 2.75) is 18.9 Å². The fraction of sp³-hybridized carbons (Fsp3) is 0.462. The van der Waals surface area contributed by atoms with Crippen LogP contribution in [0.1, 0.15) is 12.8 Å². The Morgan fingerprint density at radius 2 is 2.15 bits per heavy atom. The quantitative estimate of drug-likeness (QED) is 0.808. The van der Waals surface area contributed by atoms with Crippen molar-refractivity contribution >= 4 is 39.2 Å². The number of likely N-dealkylation sites (tertiary alicyclic amines) is 1. The second-order valence-electron chi connectivity index (χ2n) is 4.58. The second-order valence-corrected chi connectivity index (χ2v) is 5.81. The molecule has 4 nitrogen and oxygen atoms in total. The molecule has 0 aromatic heterocycles. The average Bonchev–Trinajstić information content (AvgIpc) is 2.48. The van der Waals surface area contributed by atoms with Gasteiger partial charge < -0.3 is 15.0 Å². The summed E-state index contributed by atoms with van der Waals surface area (Å²) in [5.41, 5.74) is 0.0806. The molecule has 1 aromatic carbocycles. The van der Waals surface area contributed by atoms with Crippen LogP contribution in [0, 0.1) is 5.82 Å². The lowest BCUT2D eigenvalue weighted by Gasteiger charge is -2.31. The number of carbonyl (C=O) groups excluding carboxylic acids is 1. The zero-order valence-electron chi connectivity index (χ0n) is 11.0. The minimum Gasteiger partial charge on any atom is -0.381 e. The van der Waals surface area contributed by atoms with Gasteiger partial charge in [-0.1, -0.05) is 11.6 Å². The maximum atomic E-state index is 13.9. The summed E-state index contributed by atoms with van der Waals surface area (Å²) >= 11 is 8.92. The molecular formula is C13H15BrClFN2O2. The van der Waals surface area contributed by atoms with Crippen LogP contribution in [0.2, 0.25) is 5.02 Å². The number of benzene rings is 1. The van der Waals surface area contributed by atoms with E-state index >= 15 is 0 Å². The molecule has 1 aromatic rings. The van der Waals surface area contributed by atoms with Crippen LogP contribution in [0.3, 0.4) is 0 Å². The summed E-state index contributed by atoms with van der Waals surface area (Å²) in [6.07, 6.45) is 1.76. The fourth-order valence-electron chi connectivity index (χ4n) is 2.11. The van der Waals surface area contributed by atoms with Crippen LogP contribution in [0.25, 0.3) is 0 Å². The van der Waals surface area contributed by atoms with Gasteiger partial charge in [-0.3, -0.25) is 0 Å². The maximum absolute atomic E-state index is 13.9. The summed E-state index contributed by atoms with van der Waals surface area (Å²) < 4.78 is 19.6. The standard InChI is InChI=1S/C13H15BrClFN2O2/c1-20-8-4-6-18(7-5-8)13(19)17-10-3-2-9(14)11(15)12(10)16/h2-3,8H,4-7H2,1H3,(H,17,19). The number of ether oxygens (including phenoxy) is 1. The van der Waals surface area contributed by atoms with E-state index in [0.717, 1.165) is 12.8 Å². The summed E-state index contributed by atoms with van der Waals surface area (Å²) in [4.78, 5) is 13.7. The molecule has 1 N–H and O–H groups in total. The van der Waals surface area contributed by atoms with Gasteiger partial charge in [0.05, 0.1) is 16.8 Å². The third-order valence-corrected chi connectivity index (χ3v) is 4.60. The van der Waals surface area contributed by atoms with Gasteiger partial charge in [0.2, 0.25) is 0 Å². The Balaban J connectivity index is 2.00. The lowest BCUT2D eigenvalue weighted by atomic mass is 10.1. The van der Waals surface area contributed by atoms with Crippen LogP contribution in [0.4, 0.5) is 14.9 Å². The van der Waals surface area contributed by atoms with Crippen LogP contribution < -0.4 is 5.32 Å². The van der Waals surface area contributed by atoms with Gasteiger partial charge in [-0.05, 0) is 40.9 Å². The van der Waals surface area contributed by atoms with Crippen molar-refractivity contribution < 1.29 is 13.9 Å². The number of hydrogen-bond donors (Lipinski definition) is 1. The predicted molar refractivity (Wildman–Crippen MR) is 79.7 cm³/mol. The van der Waals surface area contributed by atoms with Crippen molar-refractivity contribution in [1.29, 1.82) is 0 Å². The SMILES string of the molecule is COC1CCN(C(=O)Nc2ccc(Br)c(Cl)c2F)CC1. The first-order valence-corrected chi connectivity index (χ1v) is 7.42. The molecule has 0 saturated carbocycles. The molecule has 2 amide bonds. The van der Waals surface area contributed by atoms with E-state index in [0.29, 0.717) is 17.6 Å². The van der Waals surface area contributed by atoms with E-state index < -0.39 is 5.82 Å². The van der Waals surface area contributed by atoms with Gasteiger partial charge in [0.25, 0.3) is 0 Å². The number of rotatable bonds is 2. The largest absolute Gasteiger partial charge is 0.381 e. The fourth-order valence-corrected chi connectivity index (χ4v) is 2.58. The Morgan fingerprint density at radius 1 is 1.50 bits per heavy atom. The Morgan fingerprint density at radius 3 is 2.75 bits per heavy atom. The van der Waals surface area contributed by atoms with Gasteiger partial charge in [0.1, 0.15) is 0 Å². The van der Waals surface area contributed by atoms with Gasteiger partial charge in [0.15, 0.2) is 5.82 Å². The second kappa shape index (κ2) is 6.74. The maximum Gasteiger partial charge on any atom is 0.321 e. The molecule has 0 spiro atoms. The highest BCUT2D eigenvalue weighted by atomic mass is 79.9. The lowest BCUT2D eigenvalue weighted by molar-refractivity contribution is 0.0521. The normalized spacial score (nSPS) is 16.3. The Kier molecular flexibility index (Phi) is 5.23. The number of nitrogens with one attached hydrogen (secondary N) is 1. The van der Waals surface area contributed by atoms with Crippen molar-refractivity contribution in [3.8, 4) is 0 Å². The number of methoxy groups -OCH3 is 1. The summed E-state index contributed by atoms with van der Waals surface area (Å²) in [5, 5.41) is 2.51. The lowest BCUT2D eigenvalue weighted by Crippen LogP contribution is -2.42. The molecule has 0 radical (unpaired) electrons. The molecule has 1 aliphatic rings. The number of carbonyl (C=O) groups is 1. The smallest absolute Gasteiger partial charge is 0.321 e. The van der Waals surface area contributed by atoms with Gasteiger partial charge in [0, 0.05) is 24.7 Å². The van der Waals surface area contributed by atoms with Crippen LogP contribution in [-0.2, 0) is 4.74 Å². The third kappa shape index (κ3) is 3.42. The molecule has 110 valence electrons. The third-order valence-electron chi connectivity index (χ3n) is 3.34.